The first-order valence-electron chi connectivity index (χ1n) is 8.58. The number of aromatic nitrogens is 2. The van der Waals surface area contributed by atoms with Crippen LogP contribution in [0.4, 0.5) is 0 Å². The predicted molar refractivity (Wildman–Crippen MR) is 92.4 cm³/mol. The first kappa shape index (κ1) is 17.0. The molecule has 5 nitrogen and oxygen atoms in total. The molecular formula is C19H25N3O2. The fourth-order valence-corrected chi connectivity index (χ4v) is 3.18. The second-order valence-electron chi connectivity index (χ2n) is 6.38. The van der Waals surface area contributed by atoms with Crippen LogP contribution in [-0.4, -0.2) is 52.3 Å². The highest BCUT2D eigenvalue weighted by atomic mass is 16.5. The number of ether oxygens (including phenoxy) is 1. The van der Waals surface area contributed by atoms with Crippen LogP contribution in [-0.2, 0) is 17.8 Å². The molecule has 1 fully saturated rings. The SMILES string of the molecule is O[C@@H]1CN(CCCOCc2ccccc2)C[C@H]1Cc1cnccn1. The molecule has 1 N–H and O–H groups in total. The van der Waals surface area contributed by atoms with Crippen LogP contribution in [0.2, 0.25) is 0 Å². The van der Waals surface area contributed by atoms with Gasteiger partial charge in [-0.25, -0.2) is 0 Å². The van der Waals surface area contributed by atoms with Crippen molar-refractivity contribution < 1.29 is 9.84 Å². The molecule has 1 aromatic heterocycles. The summed E-state index contributed by atoms with van der Waals surface area (Å²) >= 11 is 0. The Morgan fingerprint density at radius 2 is 2.04 bits per heavy atom. The van der Waals surface area contributed by atoms with Crippen molar-refractivity contribution in [1.82, 2.24) is 14.9 Å². The summed E-state index contributed by atoms with van der Waals surface area (Å²) in [5.74, 6) is 0.243. The van der Waals surface area contributed by atoms with Crippen molar-refractivity contribution in [2.75, 3.05) is 26.2 Å². The topological polar surface area (TPSA) is 58.5 Å². The molecule has 24 heavy (non-hydrogen) atoms. The van der Waals surface area contributed by atoms with Crippen LogP contribution in [0.25, 0.3) is 0 Å². The van der Waals surface area contributed by atoms with Gasteiger partial charge in [0.15, 0.2) is 0 Å². The van der Waals surface area contributed by atoms with Gasteiger partial charge in [-0.3, -0.25) is 9.97 Å². The fourth-order valence-electron chi connectivity index (χ4n) is 3.18. The lowest BCUT2D eigenvalue weighted by Gasteiger charge is -2.15. The molecule has 2 heterocycles. The third kappa shape index (κ3) is 5.09. The van der Waals surface area contributed by atoms with Crippen molar-refractivity contribution in [3.63, 3.8) is 0 Å². The average Bonchev–Trinajstić information content (AvgIpc) is 2.96. The normalized spacial score (nSPS) is 21.2. The lowest BCUT2D eigenvalue weighted by molar-refractivity contribution is 0.108. The first-order valence-corrected chi connectivity index (χ1v) is 8.58. The van der Waals surface area contributed by atoms with E-state index in [1.807, 2.05) is 18.2 Å². The van der Waals surface area contributed by atoms with E-state index in [-0.39, 0.29) is 12.0 Å². The molecule has 3 rings (SSSR count). The van der Waals surface area contributed by atoms with Gasteiger partial charge >= 0.3 is 0 Å². The van der Waals surface area contributed by atoms with Crippen molar-refractivity contribution >= 4 is 0 Å². The smallest absolute Gasteiger partial charge is 0.0716 e. The van der Waals surface area contributed by atoms with Crippen molar-refractivity contribution in [3.8, 4) is 0 Å². The van der Waals surface area contributed by atoms with Gasteiger partial charge < -0.3 is 14.7 Å². The minimum absolute atomic E-state index is 0.243. The van der Waals surface area contributed by atoms with E-state index < -0.39 is 0 Å². The summed E-state index contributed by atoms with van der Waals surface area (Å²) in [5, 5.41) is 10.3. The van der Waals surface area contributed by atoms with Crippen LogP contribution in [0, 0.1) is 5.92 Å². The lowest BCUT2D eigenvalue weighted by Crippen LogP contribution is -2.24. The summed E-state index contributed by atoms with van der Waals surface area (Å²) < 4.78 is 5.72. The van der Waals surface area contributed by atoms with Gasteiger partial charge in [0.2, 0.25) is 0 Å². The van der Waals surface area contributed by atoms with E-state index in [4.69, 9.17) is 4.74 Å². The third-order valence-corrected chi connectivity index (χ3v) is 4.44. The Hall–Kier alpha value is -1.82. The van der Waals surface area contributed by atoms with Crippen molar-refractivity contribution in [2.24, 2.45) is 5.92 Å². The Morgan fingerprint density at radius 1 is 1.17 bits per heavy atom. The Morgan fingerprint density at radius 3 is 2.83 bits per heavy atom. The van der Waals surface area contributed by atoms with Crippen LogP contribution in [0.1, 0.15) is 17.7 Å². The van der Waals surface area contributed by atoms with E-state index in [1.54, 1.807) is 18.6 Å². The summed E-state index contributed by atoms with van der Waals surface area (Å²) in [5.41, 5.74) is 2.16. The van der Waals surface area contributed by atoms with Gasteiger partial charge in [0, 0.05) is 50.7 Å². The van der Waals surface area contributed by atoms with Crippen molar-refractivity contribution in [1.29, 1.82) is 0 Å². The summed E-state index contributed by atoms with van der Waals surface area (Å²) in [6, 6.07) is 10.2. The summed E-state index contributed by atoms with van der Waals surface area (Å²) in [4.78, 5) is 10.7. The summed E-state index contributed by atoms with van der Waals surface area (Å²) in [7, 11) is 0. The van der Waals surface area contributed by atoms with Gasteiger partial charge in [-0.2, -0.15) is 0 Å². The zero-order valence-corrected chi connectivity index (χ0v) is 13.9. The van der Waals surface area contributed by atoms with Crippen LogP contribution in [0.5, 0.6) is 0 Å². The number of aliphatic hydroxyl groups excluding tert-OH is 1. The van der Waals surface area contributed by atoms with Crippen LogP contribution in [0.3, 0.4) is 0 Å². The standard InChI is InChI=1S/C19H25N3O2/c23-19-14-22(13-17(19)11-18-12-20-7-8-21-18)9-4-10-24-15-16-5-2-1-3-6-16/h1-3,5-8,12,17,19,23H,4,9-11,13-15H2/t17-,19-/m1/s1. The number of β-amino-alcohol motifs (C(OH)–C–C–N with tert-alkyl or cyclic N) is 1. The number of likely N-dealkylation sites (tertiary alicyclic amines) is 1. The zero-order valence-electron chi connectivity index (χ0n) is 13.9. The quantitative estimate of drug-likeness (QED) is 0.751. The molecule has 0 unspecified atom stereocenters. The molecule has 1 aromatic carbocycles. The average molecular weight is 327 g/mol. The largest absolute Gasteiger partial charge is 0.391 e. The monoisotopic (exact) mass is 327 g/mol. The third-order valence-electron chi connectivity index (χ3n) is 4.44. The second-order valence-corrected chi connectivity index (χ2v) is 6.38. The summed E-state index contributed by atoms with van der Waals surface area (Å²) in [6.07, 6.45) is 6.66. The minimum atomic E-state index is -0.280. The maximum absolute atomic E-state index is 10.3. The van der Waals surface area contributed by atoms with Gasteiger partial charge in [-0.05, 0) is 18.4 Å². The molecule has 128 valence electrons. The Bertz CT molecular complexity index is 594. The number of nitrogens with zero attached hydrogens (tertiary/aromatic N) is 3. The summed E-state index contributed by atoms with van der Waals surface area (Å²) in [6.45, 7) is 4.03. The highest BCUT2D eigenvalue weighted by Crippen LogP contribution is 2.20. The Balaban J connectivity index is 1.33. The molecule has 2 atom stereocenters. The van der Waals surface area contributed by atoms with Crippen LogP contribution < -0.4 is 0 Å². The number of hydrogen-bond acceptors (Lipinski definition) is 5. The molecule has 1 saturated heterocycles. The lowest BCUT2D eigenvalue weighted by atomic mass is 10.0. The van der Waals surface area contributed by atoms with E-state index in [2.05, 4.69) is 27.0 Å². The molecule has 0 spiro atoms. The van der Waals surface area contributed by atoms with Crippen molar-refractivity contribution in [2.45, 2.75) is 25.6 Å². The Kier molecular flexibility index (Phi) is 6.29. The van der Waals surface area contributed by atoms with Gasteiger partial charge in [0.25, 0.3) is 0 Å². The molecule has 5 heteroatoms. The highest BCUT2D eigenvalue weighted by Gasteiger charge is 2.31. The van der Waals surface area contributed by atoms with E-state index in [9.17, 15) is 5.11 Å². The first-order chi connectivity index (χ1) is 11.8. The molecule has 0 radical (unpaired) electrons. The van der Waals surface area contributed by atoms with Crippen molar-refractivity contribution in [3.05, 3.63) is 60.2 Å². The molecular weight excluding hydrogens is 302 g/mol. The molecule has 0 saturated carbocycles. The highest BCUT2D eigenvalue weighted by molar-refractivity contribution is 5.13. The second kappa shape index (κ2) is 8.87. The van der Waals surface area contributed by atoms with E-state index >= 15 is 0 Å². The molecule has 0 bridgehead atoms. The number of hydrogen-bond donors (Lipinski definition) is 1. The molecule has 1 aliphatic heterocycles. The maximum Gasteiger partial charge on any atom is 0.0716 e. The fraction of sp³-hybridized carbons (Fsp3) is 0.474. The number of rotatable bonds is 8. The van der Waals surface area contributed by atoms with Crippen LogP contribution in [0.15, 0.2) is 48.9 Å². The molecule has 0 amide bonds. The van der Waals surface area contributed by atoms with E-state index in [0.717, 1.165) is 44.8 Å². The molecule has 2 aromatic rings. The number of aliphatic hydroxyl groups is 1. The van der Waals surface area contributed by atoms with Gasteiger partial charge in [0.05, 0.1) is 18.4 Å². The predicted octanol–water partition coefficient (Wildman–Crippen LogP) is 1.92. The minimum Gasteiger partial charge on any atom is -0.391 e. The molecule has 1 aliphatic rings. The number of benzene rings is 1. The van der Waals surface area contributed by atoms with E-state index in [0.29, 0.717) is 6.61 Å². The van der Waals surface area contributed by atoms with Crippen LogP contribution >= 0.6 is 0 Å². The maximum atomic E-state index is 10.3. The van der Waals surface area contributed by atoms with Gasteiger partial charge in [-0.15, -0.1) is 0 Å². The Labute approximate surface area is 143 Å². The molecule has 0 aliphatic carbocycles. The van der Waals surface area contributed by atoms with E-state index in [1.165, 1.54) is 5.56 Å². The zero-order chi connectivity index (χ0) is 16.6. The van der Waals surface area contributed by atoms with Gasteiger partial charge in [0.1, 0.15) is 0 Å². The van der Waals surface area contributed by atoms with Gasteiger partial charge in [-0.1, -0.05) is 30.3 Å².